The van der Waals surface area contributed by atoms with Gasteiger partial charge < -0.3 is 0 Å². The second kappa shape index (κ2) is 3.84. The van der Waals surface area contributed by atoms with Crippen molar-refractivity contribution in [1.29, 1.82) is 0 Å². The number of ketones is 1. The van der Waals surface area contributed by atoms with Crippen LogP contribution >= 0.6 is 11.6 Å². The van der Waals surface area contributed by atoms with E-state index in [4.69, 9.17) is 11.6 Å². The lowest BCUT2D eigenvalue weighted by Gasteiger charge is -2.31. The van der Waals surface area contributed by atoms with Gasteiger partial charge in [-0.1, -0.05) is 0 Å². The molecule has 0 radical (unpaired) electrons. The summed E-state index contributed by atoms with van der Waals surface area (Å²) >= 11 is 5.59. The standard InChI is InChI=1S/C7H9ClF3NO/c8-6-3-5(13)1-2-12(6)4-7(9,10)11/h6H,1-4H2. The second-order valence-corrected chi connectivity index (χ2v) is 3.52. The van der Waals surface area contributed by atoms with Gasteiger partial charge in [0.25, 0.3) is 0 Å². The molecule has 0 aromatic heterocycles. The SMILES string of the molecule is O=C1CCN(CC(F)(F)F)C(Cl)C1. The molecule has 2 nitrogen and oxygen atoms in total. The first-order valence-electron chi connectivity index (χ1n) is 3.85. The number of carbonyl (C=O) groups excluding carboxylic acids is 1. The average molecular weight is 216 g/mol. The molecule has 0 spiro atoms. The Hall–Kier alpha value is -0.290. The first-order chi connectivity index (χ1) is 5.88. The minimum atomic E-state index is -4.24. The molecule has 0 amide bonds. The maximum Gasteiger partial charge on any atom is 0.401 e. The molecule has 1 rings (SSSR count). The zero-order chi connectivity index (χ0) is 10.1. The molecule has 1 saturated heterocycles. The number of halogens is 4. The number of alkyl halides is 4. The average Bonchev–Trinajstić information content (AvgIpc) is 1.93. The molecular formula is C7H9ClF3NO. The van der Waals surface area contributed by atoms with Gasteiger partial charge in [-0.15, -0.1) is 11.6 Å². The minimum absolute atomic E-state index is 0.0115. The van der Waals surface area contributed by atoms with Gasteiger partial charge in [0.05, 0.1) is 12.0 Å². The summed E-state index contributed by atoms with van der Waals surface area (Å²) in [4.78, 5) is 11.9. The van der Waals surface area contributed by atoms with E-state index in [1.54, 1.807) is 0 Å². The molecule has 6 heteroatoms. The molecule has 1 aliphatic rings. The van der Waals surface area contributed by atoms with Crippen molar-refractivity contribution in [3.63, 3.8) is 0 Å². The largest absolute Gasteiger partial charge is 0.401 e. The highest BCUT2D eigenvalue weighted by Gasteiger charge is 2.35. The van der Waals surface area contributed by atoms with Crippen molar-refractivity contribution >= 4 is 17.4 Å². The maximum absolute atomic E-state index is 11.9. The molecule has 0 aromatic carbocycles. The summed E-state index contributed by atoms with van der Waals surface area (Å²) in [7, 11) is 0. The Morgan fingerprint density at radius 2 is 2.15 bits per heavy atom. The molecule has 0 saturated carbocycles. The molecule has 0 bridgehead atoms. The van der Waals surface area contributed by atoms with Gasteiger partial charge in [-0.05, 0) is 0 Å². The van der Waals surface area contributed by atoms with Gasteiger partial charge in [0.15, 0.2) is 0 Å². The highest BCUT2D eigenvalue weighted by molar-refractivity contribution is 6.21. The van der Waals surface area contributed by atoms with Crippen molar-refractivity contribution < 1.29 is 18.0 Å². The highest BCUT2D eigenvalue weighted by Crippen LogP contribution is 2.23. The fourth-order valence-corrected chi connectivity index (χ4v) is 1.57. The van der Waals surface area contributed by atoms with E-state index in [1.165, 1.54) is 0 Å². The van der Waals surface area contributed by atoms with Gasteiger partial charge in [0.2, 0.25) is 0 Å². The van der Waals surface area contributed by atoms with E-state index in [-0.39, 0.29) is 25.2 Å². The van der Waals surface area contributed by atoms with Crippen LogP contribution in [-0.4, -0.2) is 35.4 Å². The predicted octanol–water partition coefficient (Wildman–Crippen LogP) is 1.78. The topological polar surface area (TPSA) is 20.3 Å². The molecule has 1 fully saturated rings. The molecule has 1 atom stereocenters. The van der Waals surface area contributed by atoms with Crippen LogP contribution in [0, 0.1) is 0 Å². The smallest absolute Gasteiger partial charge is 0.300 e. The first kappa shape index (κ1) is 10.8. The van der Waals surface area contributed by atoms with Gasteiger partial charge >= 0.3 is 6.18 Å². The molecule has 0 N–H and O–H groups in total. The summed E-state index contributed by atoms with van der Waals surface area (Å²) in [5, 5.41) is 0. The van der Waals surface area contributed by atoms with Crippen molar-refractivity contribution in [2.75, 3.05) is 13.1 Å². The van der Waals surface area contributed by atoms with Crippen molar-refractivity contribution in [1.82, 2.24) is 4.90 Å². The van der Waals surface area contributed by atoms with Gasteiger partial charge in [0.1, 0.15) is 5.78 Å². The van der Waals surface area contributed by atoms with E-state index in [0.717, 1.165) is 4.90 Å². The lowest BCUT2D eigenvalue weighted by atomic mass is 10.1. The third kappa shape index (κ3) is 3.52. The lowest BCUT2D eigenvalue weighted by molar-refractivity contribution is -0.152. The van der Waals surface area contributed by atoms with Crippen molar-refractivity contribution in [3.05, 3.63) is 0 Å². The third-order valence-corrected chi connectivity index (χ3v) is 2.28. The van der Waals surface area contributed by atoms with Crippen LogP contribution in [0.3, 0.4) is 0 Å². The minimum Gasteiger partial charge on any atom is -0.300 e. The van der Waals surface area contributed by atoms with E-state index < -0.39 is 18.2 Å². The Morgan fingerprint density at radius 1 is 1.54 bits per heavy atom. The second-order valence-electron chi connectivity index (χ2n) is 3.01. The van der Waals surface area contributed by atoms with E-state index in [1.807, 2.05) is 0 Å². The number of Topliss-reactive ketones (excluding diaryl/α,β-unsaturated/α-hetero) is 1. The molecule has 76 valence electrons. The number of rotatable bonds is 1. The van der Waals surface area contributed by atoms with Crippen LogP contribution in [0.1, 0.15) is 12.8 Å². The molecule has 13 heavy (non-hydrogen) atoms. The fraction of sp³-hybridized carbons (Fsp3) is 0.857. The van der Waals surface area contributed by atoms with Crippen molar-refractivity contribution in [3.8, 4) is 0 Å². The normalized spacial score (nSPS) is 26.5. The monoisotopic (exact) mass is 215 g/mol. The van der Waals surface area contributed by atoms with E-state index in [2.05, 4.69) is 0 Å². The quantitative estimate of drug-likeness (QED) is 0.491. The summed E-state index contributed by atoms with van der Waals surface area (Å²) in [6, 6.07) is 0. The lowest BCUT2D eigenvalue weighted by Crippen LogP contribution is -2.44. The highest BCUT2D eigenvalue weighted by atomic mass is 35.5. The van der Waals surface area contributed by atoms with Gasteiger partial charge in [-0.25, -0.2) is 0 Å². The maximum atomic E-state index is 11.9. The number of carbonyl (C=O) groups is 1. The van der Waals surface area contributed by atoms with Crippen LogP contribution in [0.15, 0.2) is 0 Å². The number of hydrogen-bond acceptors (Lipinski definition) is 2. The summed E-state index contributed by atoms with van der Waals surface area (Å²) in [6.45, 7) is -0.930. The predicted molar refractivity (Wildman–Crippen MR) is 41.5 cm³/mol. The van der Waals surface area contributed by atoms with E-state index in [9.17, 15) is 18.0 Å². The fourth-order valence-electron chi connectivity index (χ4n) is 1.24. The van der Waals surface area contributed by atoms with Gasteiger partial charge in [-0.2, -0.15) is 13.2 Å². The van der Waals surface area contributed by atoms with E-state index >= 15 is 0 Å². The Morgan fingerprint density at radius 3 is 2.62 bits per heavy atom. The zero-order valence-corrected chi connectivity index (χ0v) is 7.53. The van der Waals surface area contributed by atoms with Crippen LogP contribution in [0.2, 0.25) is 0 Å². The summed E-state index contributed by atoms with van der Waals surface area (Å²) in [6.07, 6.45) is -4.07. The number of nitrogens with zero attached hydrogens (tertiary/aromatic N) is 1. The Balaban J connectivity index is 2.47. The third-order valence-electron chi connectivity index (χ3n) is 1.85. The van der Waals surface area contributed by atoms with Crippen LogP contribution < -0.4 is 0 Å². The van der Waals surface area contributed by atoms with Crippen molar-refractivity contribution in [2.45, 2.75) is 24.5 Å². The van der Waals surface area contributed by atoms with Crippen molar-refractivity contribution in [2.24, 2.45) is 0 Å². The summed E-state index contributed by atoms with van der Waals surface area (Å²) < 4.78 is 35.8. The summed E-state index contributed by atoms with van der Waals surface area (Å²) in [5.74, 6) is -0.0709. The summed E-state index contributed by atoms with van der Waals surface area (Å²) in [5.41, 5.74) is -0.803. The van der Waals surface area contributed by atoms with Crippen LogP contribution in [0.5, 0.6) is 0 Å². The number of piperidine rings is 1. The van der Waals surface area contributed by atoms with Gasteiger partial charge in [-0.3, -0.25) is 9.69 Å². The molecule has 1 heterocycles. The number of hydrogen-bond donors (Lipinski definition) is 0. The van der Waals surface area contributed by atoms with Crippen LogP contribution in [-0.2, 0) is 4.79 Å². The van der Waals surface area contributed by atoms with Crippen LogP contribution in [0.25, 0.3) is 0 Å². The molecule has 1 aliphatic heterocycles. The zero-order valence-electron chi connectivity index (χ0n) is 6.77. The first-order valence-corrected chi connectivity index (χ1v) is 4.29. The molecular weight excluding hydrogens is 207 g/mol. The molecule has 0 aromatic rings. The Kier molecular flexibility index (Phi) is 3.18. The van der Waals surface area contributed by atoms with Crippen LogP contribution in [0.4, 0.5) is 13.2 Å². The number of likely N-dealkylation sites (tertiary alicyclic amines) is 1. The Bertz CT molecular complexity index is 206. The van der Waals surface area contributed by atoms with E-state index in [0.29, 0.717) is 0 Å². The molecule has 1 unspecified atom stereocenters. The van der Waals surface area contributed by atoms with Gasteiger partial charge in [0, 0.05) is 19.4 Å². The molecule has 0 aliphatic carbocycles. The Labute approximate surface area is 78.6 Å².